The van der Waals surface area contributed by atoms with E-state index in [1.807, 2.05) is 4.57 Å². The summed E-state index contributed by atoms with van der Waals surface area (Å²) in [6.45, 7) is 2.58. The standard InChI is InChI=1S/C18H19NO2/c1-13-18(21)17(20)10-12-19(13)11-4-6-15-9-8-14-5-2-3-7-16(14)15/h2-3,5,7,9-10,12,21H,4,6,8,11H2,1H3. The van der Waals surface area contributed by atoms with Gasteiger partial charge in [0, 0.05) is 18.8 Å². The van der Waals surface area contributed by atoms with Crippen LogP contribution in [0.2, 0.25) is 0 Å². The highest BCUT2D eigenvalue weighted by Gasteiger charge is 2.12. The third kappa shape index (κ3) is 2.64. The maximum atomic E-state index is 11.3. The Morgan fingerprint density at radius 2 is 2.05 bits per heavy atom. The number of allylic oxidation sites excluding steroid dienone is 2. The maximum Gasteiger partial charge on any atom is 0.223 e. The van der Waals surface area contributed by atoms with Gasteiger partial charge in [-0.3, -0.25) is 4.79 Å². The summed E-state index contributed by atoms with van der Waals surface area (Å²) < 4.78 is 1.94. The normalized spacial score (nSPS) is 13.1. The van der Waals surface area contributed by atoms with Gasteiger partial charge in [-0.05, 0) is 42.9 Å². The fraction of sp³-hybridized carbons (Fsp3) is 0.278. The zero-order valence-electron chi connectivity index (χ0n) is 12.2. The molecule has 1 aliphatic carbocycles. The average molecular weight is 281 g/mol. The first-order valence-electron chi connectivity index (χ1n) is 7.33. The van der Waals surface area contributed by atoms with Crippen molar-refractivity contribution in [2.75, 3.05) is 0 Å². The molecule has 0 saturated carbocycles. The lowest BCUT2D eigenvalue weighted by atomic mass is 10.0. The molecule has 0 aliphatic heterocycles. The molecule has 0 saturated heterocycles. The smallest absolute Gasteiger partial charge is 0.223 e. The van der Waals surface area contributed by atoms with E-state index in [0.29, 0.717) is 5.69 Å². The minimum Gasteiger partial charge on any atom is -0.503 e. The molecule has 3 heteroatoms. The van der Waals surface area contributed by atoms with Gasteiger partial charge in [-0.2, -0.15) is 0 Å². The predicted octanol–water partition coefficient (Wildman–Crippen LogP) is 3.28. The topological polar surface area (TPSA) is 42.2 Å². The molecule has 0 unspecified atom stereocenters. The van der Waals surface area contributed by atoms with Crippen molar-refractivity contribution >= 4 is 5.57 Å². The minimum atomic E-state index is -0.309. The van der Waals surface area contributed by atoms with Crippen molar-refractivity contribution in [3.8, 4) is 5.75 Å². The molecular weight excluding hydrogens is 262 g/mol. The number of benzene rings is 1. The van der Waals surface area contributed by atoms with Crippen molar-refractivity contribution in [1.29, 1.82) is 0 Å². The van der Waals surface area contributed by atoms with E-state index in [1.165, 1.54) is 22.8 Å². The Bertz CT molecular complexity index is 756. The molecule has 0 amide bonds. The highest BCUT2D eigenvalue weighted by Crippen LogP contribution is 2.30. The Labute approximate surface area is 124 Å². The third-order valence-electron chi connectivity index (χ3n) is 4.19. The Balaban J connectivity index is 1.66. The van der Waals surface area contributed by atoms with Crippen molar-refractivity contribution in [1.82, 2.24) is 4.57 Å². The van der Waals surface area contributed by atoms with Crippen LogP contribution in [0.4, 0.5) is 0 Å². The highest BCUT2D eigenvalue weighted by molar-refractivity contribution is 5.72. The summed E-state index contributed by atoms with van der Waals surface area (Å²) in [6.07, 6.45) is 7.10. The van der Waals surface area contributed by atoms with E-state index in [9.17, 15) is 9.90 Å². The van der Waals surface area contributed by atoms with Gasteiger partial charge in [0.2, 0.25) is 5.43 Å². The van der Waals surface area contributed by atoms with E-state index in [4.69, 9.17) is 0 Å². The molecule has 0 bridgehead atoms. The van der Waals surface area contributed by atoms with Gasteiger partial charge >= 0.3 is 0 Å². The first-order chi connectivity index (χ1) is 10.2. The molecule has 3 rings (SSSR count). The number of rotatable bonds is 4. The van der Waals surface area contributed by atoms with Crippen LogP contribution in [0, 0.1) is 6.92 Å². The van der Waals surface area contributed by atoms with Crippen LogP contribution < -0.4 is 5.43 Å². The van der Waals surface area contributed by atoms with E-state index < -0.39 is 0 Å². The van der Waals surface area contributed by atoms with E-state index in [0.717, 1.165) is 25.8 Å². The largest absolute Gasteiger partial charge is 0.503 e. The lowest BCUT2D eigenvalue weighted by molar-refractivity contribution is 0.451. The maximum absolute atomic E-state index is 11.3. The van der Waals surface area contributed by atoms with E-state index in [1.54, 1.807) is 13.1 Å². The number of aromatic nitrogens is 1. The van der Waals surface area contributed by atoms with Crippen molar-refractivity contribution in [3.05, 3.63) is 69.6 Å². The van der Waals surface area contributed by atoms with Crippen molar-refractivity contribution in [2.24, 2.45) is 0 Å². The van der Waals surface area contributed by atoms with Gasteiger partial charge < -0.3 is 9.67 Å². The van der Waals surface area contributed by atoms with Gasteiger partial charge in [0.05, 0.1) is 5.69 Å². The number of hydrogen-bond acceptors (Lipinski definition) is 2. The molecule has 1 N–H and O–H groups in total. The number of hydrogen-bond donors (Lipinski definition) is 1. The van der Waals surface area contributed by atoms with E-state index >= 15 is 0 Å². The second kappa shape index (κ2) is 5.60. The van der Waals surface area contributed by atoms with Crippen LogP contribution in [0.5, 0.6) is 5.75 Å². The van der Waals surface area contributed by atoms with Gasteiger partial charge in [0.1, 0.15) is 0 Å². The summed E-state index contributed by atoms with van der Waals surface area (Å²) in [5.41, 5.74) is 4.52. The van der Waals surface area contributed by atoms with Crippen LogP contribution in [0.3, 0.4) is 0 Å². The van der Waals surface area contributed by atoms with Crippen LogP contribution in [0.25, 0.3) is 5.57 Å². The molecule has 1 aromatic carbocycles. The van der Waals surface area contributed by atoms with Crippen LogP contribution in [-0.2, 0) is 13.0 Å². The van der Waals surface area contributed by atoms with Crippen LogP contribution >= 0.6 is 0 Å². The molecule has 3 nitrogen and oxygen atoms in total. The molecule has 1 aromatic heterocycles. The van der Waals surface area contributed by atoms with Crippen molar-refractivity contribution in [2.45, 2.75) is 32.7 Å². The molecule has 0 fully saturated rings. The first kappa shape index (κ1) is 13.7. The summed E-state index contributed by atoms with van der Waals surface area (Å²) in [7, 11) is 0. The Hall–Kier alpha value is -2.29. The molecule has 21 heavy (non-hydrogen) atoms. The first-order valence-corrected chi connectivity index (χ1v) is 7.33. The summed E-state index contributed by atoms with van der Waals surface area (Å²) in [6, 6.07) is 9.96. The summed E-state index contributed by atoms with van der Waals surface area (Å²) in [5, 5.41) is 9.68. The Morgan fingerprint density at radius 1 is 1.24 bits per heavy atom. The van der Waals surface area contributed by atoms with Crippen LogP contribution in [0.1, 0.15) is 29.7 Å². The average Bonchev–Trinajstić information content (AvgIpc) is 2.91. The molecule has 1 heterocycles. The van der Waals surface area contributed by atoms with Gasteiger partial charge in [0.15, 0.2) is 5.75 Å². The van der Waals surface area contributed by atoms with E-state index in [2.05, 4.69) is 30.3 Å². The lowest BCUT2D eigenvalue weighted by Gasteiger charge is -2.12. The molecule has 2 aromatic rings. The zero-order valence-corrected chi connectivity index (χ0v) is 12.2. The molecule has 0 atom stereocenters. The molecule has 1 aliphatic rings. The summed E-state index contributed by atoms with van der Waals surface area (Å²) >= 11 is 0. The van der Waals surface area contributed by atoms with E-state index in [-0.39, 0.29) is 11.2 Å². The highest BCUT2D eigenvalue weighted by atomic mass is 16.3. The minimum absolute atomic E-state index is 0.136. The number of aromatic hydroxyl groups is 1. The van der Waals surface area contributed by atoms with Crippen molar-refractivity contribution in [3.63, 3.8) is 0 Å². The molecular formula is C18H19NO2. The molecule has 0 radical (unpaired) electrons. The quantitative estimate of drug-likeness (QED) is 0.934. The Morgan fingerprint density at radius 3 is 2.90 bits per heavy atom. The second-order valence-electron chi connectivity index (χ2n) is 5.50. The predicted molar refractivity (Wildman–Crippen MR) is 84.5 cm³/mol. The number of pyridine rings is 1. The second-order valence-corrected chi connectivity index (χ2v) is 5.50. The third-order valence-corrected chi connectivity index (χ3v) is 4.19. The number of nitrogens with zero attached hydrogens (tertiary/aromatic N) is 1. The number of aryl methyl sites for hydroxylation is 1. The van der Waals surface area contributed by atoms with Crippen LogP contribution in [-0.4, -0.2) is 9.67 Å². The SMILES string of the molecule is Cc1c(O)c(=O)ccn1CCCC1=CCc2ccccc21. The number of fused-ring (bicyclic) bond motifs is 1. The van der Waals surface area contributed by atoms with Crippen molar-refractivity contribution < 1.29 is 5.11 Å². The molecule has 108 valence electrons. The van der Waals surface area contributed by atoms with Gasteiger partial charge in [0.25, 0.3) is 0 Å². The fourth-order valence-electron chi connectivity index (χ4n) is 2.94. The lowest BCUT2D eigenvalue weighted by Crippen LogP contribution is -2.10. The monoisotopic (exact) mass is 281 g/mol. The van der Waals surface area contributed by atoms with Crippen LogP contribution in [0.15, 0.2) is 47.4 Å². The molecule has 0 spiro atoms. The Kier molecular flexibility index (Phi) is 3.65. The summed E-state index contributed by atoms with van der Waals surface area (Å²) in [4.78, 5) is 11.3. The van der Waals surface area contributed by atoms with Gasteiger partial charge in [-0.1, -0.05) is 30.3 Å². The zero-order chi connectivity index (χ0) is 14.8. The summed E-state index contributed by atoms with van der Waals surface area (Å²) in [5.74, 6) is -0.136. The van der Waals surface area contributed by atoms with Gasteiger partial charge in [-0.25, -0.2) is 0 Å². The fourth-order valence-corrected chi connectivity index (χ4v) is 2.94. The van der Waals surface area contributed by atoms with Gasteiger partial charge in [-0.15, -0.1) is 0 Å².